The van der Waals surface area contributed by atoms with Gasteiger partial charge < -0.3 is 14.6 Å². The van der Waals surface area contributed by atoms with Crippen molar-refractivity contribution in [2.75, 3.05) is 20.1 Å². The molecule has 3 aromatic rings. The molecule has 0 bridgehead atoms. The highest BCUT2D eigenvalue weighted by Gasteiger charge is 2.32. The van der Waals surface area contributed by atoms with Crippen molar-refractivity contribution in [2.45, 2.75) is 56.4 Å². The second kappa shape index (κ2) is 6.56. The summed E-state index contributed by atoms with van der Waals surface area (Å²) in [7, 11) is 2.20. The summed E-state index contributed by atoms with van der Waals surface area (Å²) in [6.07, 6.45) is 9.50. The Bertz CT molecular complexity index is 1080. The van der Waals surface area contributed by atoms with Crippen molar-refractivity contribution in [1.29, 1.82) is 0 Å². The van der Waals surface area contributed by atoms with Crippen LogP contribution in [0, 0.1) is 0 Å². The summed E-state index contributed by atoms with van der Waals surface area (Å²) >= 11 is 0. The van der Waals surface area contributed by atoms with Crippen molar-refractivity contribution < 1.29 is 5.11 Å². The third-order valence-corrected chi connectivity index (χ3v) is 6.98. The number of piperidine rings is 1. The summed E-state index contributed by atoms with van der Waals surface area (Å²) < 4.78 is 2.34. The van der Waals surface area contributed by atoms with E-state index in [-0.39, 0.29) is 0 Å². The van der Waals surface area contributed by atoms with Crippen LogP contribution in [0.2, 0.25) is 0 Å². The molecule has 0 radical (unpaired) electrons. The van der Waals surface area contributed by atoms with E-state index in [1.165, 1.54) is 61.6 Å². The van der Waals surface area contributed by atoms with Gasteiger partial charge in [-0.1, -0.05) is 6.07 Å². The van der Waals surface area contributed by atoms with Gasteiger partial charge in [0.15, 0.2) is 5.65 Å². The first-order chi connectivity index (χ1) is 14.2. The molecule has 0 amide bonds. The number of likely N-dealkylation sites (N-methyl/N-ethyl adjacent to an activating group) is 1. The van der Waals surface area contributed by atoms with Gasteiger partial charge in [-0.3, -0.25) is 0 Å². The molecular formula is C24H28N4O. The number of rotatable bonds is 4. The van der Waals surface area contributed by atoms with Gasteiger partial charge >= 0.3 is 0 Å². The molecule has 3 heterocycles. The highest BCUT2D eigenvalue weighted by Crippen LogP contribution is 2.49. The molecule has 0 unspecified atom stereocenters. The minimum absolute atomic E-state index is 0.346. The lowest BCUT2D eigenvalue weighted by Gasteiger charge is -2.30. The van der Waals surface area contributed by atoms with Crippen LogP contribution in [0.1, 0.15) is 67.5 Å². The van der Waals surface area contributed by atoms with Gasteiger partial charge in [0, 0.05) is 29.7 Å². The van der Waals surface area contributed by atoms with Gasteiger partial charge in [-0.05, 0) is 93.3 Å². The Kier molecular flexibility index (Phi) is 3.95. The molecule has 1 saturated heterocycles. The molecule has 1 aliphatic heterocycles. The van der Waals surface area contributed by atoms with Gasteiger partial charge in [0.05, 0.1) is 0 Å². The number of aromatic nitrogens is 3. The first-order valence-electron chi connectivity index (χ1n) is 11.1. The quantitative estimate of drug-likeness (QED) is 0.696. The molecular weight excluding hydrogens is 360 g/mol. The maximum Gasteiger partial charge on any atom is 0.163 e. The Balaban J connectivity index is 1.46. The Morgan fingerprint density at radius 2 is 1.83 bits per heavy atom. The number of nitrogens with zero attached hydrogens (tertiary/aromatic N) is 4. The number of likely N-dealkylation sites (tertiary alicyclic amines) is 1. The Morgan fingerprint density at radius 3 is 2.55 bits per heavy atom. The first kappa shape index (κ1) is 17.5. The van der Waals surface area contributed by atoms with Crippen LogP contribution in [0.15, 0.2) is 30.5 Å². The van der Waals surface area contributed by atoms with Crippen LogP contribution in [0.25, 0.3) is 22.3 Å². The Morgan fingerprint density at radius 1 is 1.00 bits per heavy atom. The van der Waals surface area contributed by atoms with Crippen molar-refractivity contribution in [1.82, 2.24) is 19.7 Å². The molecule has 29 heavy (non-hydrogen) atoms. The first-order valence-corrected chi connectivity index (χ1v) is 11.1. The molecule has 3 aliphatic rings. The smallest absolute Gasteiger partial charge is 0.163 e. The van der Waals surface area contributed by atoms with Crippen LogP contribution in [-0.2, 0) is 0 Å². The Labute approximate surface area is 171 Å². The highest BCUT2D eigenvalue weighted by atomic mass is 16.3. The van der Waals surface area contributed by atoms with E-state index in [1.54, 1.807) is 0 Å². The van der Waals surface area contributed by atoms with Gasteiger partial charge in [0.25, 0.3) is 0 Å². The average Bonchev–Trinajstić information content (AvgIpc) is 3.64. The minimum Gasteiger partial charge on any atom is -0.507 e. The molecule has 5 heteroatoms. The number of benzene rings is 1. The average molecular weight is 389 g/mol. The van der Waals surface area contributed by atoms with E-state index in [0.717, 1.165) is 23.4 Å². The molecule has 150 valence electrons. The summed E-state index contributed by atoms with van der Waals surface area (Å²) in [5, 5.41) is 21.4. The normalized spacial score (nSPS) is 23.0. The lowest BCUT2D eigenvalue weighted by molar-refractivity contribution is 0.214. The largest absolute Gasteiger partial charge is 0.507 e. The fourth-order valence-electron chi connectivity index (χ4n) is 5.10. The molecule has 1 atom stereocenters. The molecule has 2 aliphatic carbocycles. The molecule has 2 aromatic heterocycles. The second-order valence-electron chi connectivity index (χ2n) is 9.31. The van der Waals surface area contributed by atoms with E-state index < -0.39 is 0 Å². The van der Waals surface area contributed by atoms with Crippen molar-refractivity contribution in [2.24, 2.45) is 0 Å². The zero-order valence-electron chi connectivity index (χ0n) is 17.0. The second-order valence-corrected chi connectivity index (χ2v) is 9.31. The van der Waals surface area contributed by atoms with E-state index >= 15 is 0 Å². The lowest BCUT2D eigenvalue weighted by Crippen LogP contribution is -2.33. The highest BCUT2D eigenvalue weighted by molar-refractivity contribution is 5.88. The molecule has 1 N–H and O–H groups in total. The maximum atomic E-state index is 10.8. The van der Waals surface area contributed by atoms with Crippen LogP contribution in [0.4, 0.5) is 0 Å². The minimum atomic E-state index is 0.346. The number of hydrogen-bond donors (Lipinski definition) is 1. The Hall–Kier alpha value is -2.40. The van der Waals surface area contributed by atoms with Gasteiger partial charge in [-0.15, -0.1) is 10.2 Å². The zero-order chi connectivity index (χ0) is 19.5. The summed E-state index contributed by atoms with van der Waals surface area (Å²) in [5.41, 5.74) is 5.24. The molecule has 5 nitrogen and oxygen atoms in total. The topological polar surface area (TPSA) is 54.2 Å². The number of hydrogen-bond acceptors (Lipinski definition) is 4. The molecule has 2 saturated carbocycles. The molecule has 1 aromatic carbocycles. The van der Waals surface area contributed by atoms with Crippen LogP contribution in [0.3, 0.4) is 0 Å². The van der Waals surface area contributed by atoms with Crippen molar-refractivity contribution in [3.05, 3.63) is 41.6 Å². The predicted octanol–water partition coefficient (Wildman–Crippen LogP) is 4.83. The van der Waals surface area contributed by atoms with Crippen LogP contribution >= 0.6 is 0 Å². The van der Waals surface area contributed by atoms with Gasteiger partial charge in [0.1, 0.15) is 11.4 Å². The van der Waals surface area contributed by atoms with Crippen molar-refractivity contribution in [3.8, 4) is 17.0 Å². The number of phenols is 1. The van der Waals surface area contributed by atoms with E-state index in [0.29, 0.717) is 23.6 Å². The predicted molar refractivity (Wildman–Crippen MR) is 114 cm³/mol. The summed E-state index contributed by atoms with van der Waals surface area (Å²) in [6, 6.07) is 8.85. The van der Waals surface area contributed by atoms with E-state index in [1.807, 2.05) is 6.07 Å². The fraction of sp³-hybridized carbons (Fsp3) is 0.500. The van der Waals surface area contributed by atoms with E-state index in [2.05, 4.69) is 46.0 Å². The number of aromatic hydroxyl groups is 1. The van der Waals surface area contributed by atoms with E-state index in [4.69, 9.17) is 5.10 Å². The van der Waals surface area contributed by atoms with Gasteiger partial charge in [-0.2, -0.15) is 0 Å². The third kappa shape index (κ3) is 3.03. The summed E-state index contributed by atoms with van der Waals surface area (Å²) in [6.45, 7) is 2.24. The monoisotopic (exact) mass is 388 g/mol. The SMILES string of the molecule is CN1CCC[C@@H](n2ccc3c(C4CC4)c(-c4ccc(C5CC5)cc4O)nnc32)C1. The van der Waals surface area contributed by atoms with Crippen LogP contribution < -0.4 is 0 Å². The summed E-state index contributed by atoms with van der Waals surface area (Å²) in [4.78, 5) is 2.41. The summed E-state index contributed by atoms with van der Waals surface area (Å²) in [5.74, 6) is 1.52. The fourth-order valence-corrected chi connectivity index (χ4v) is 5.10. The van der Waals surface area contributed by atoms with Crippen molar-refractivity contribution >= 4 is 11.0 Å². The zero-order valence-corrected chi connectivity index (χ0v) is 17.0. The number of phenolic OH excluding ortho intramolecular Hbond substituents is 1. The van der Waals surface area contributed by atoms with Crippen molar-refractivity contribution in [3.63, 3.8) is 0 Å². The van der Waals surface area contributed by atoms with Crippen LogP contribution in [0.5, 0.6) is 5.75 Å². The third-order valence-electron chi connectivity index (χ3n) is 6.98. The maximum absolute atomic E-state index is 10.8. The lowest BCUT2D eigenvalue weighted by atomic mass is 9.98. The molecule has 6 rings (SSSR count). The van der Waals surface area contributed by atoms with Crippen LogP contribution in [-0.4, -0.2) is 44.9 Å². The molecule has 0 spiro atoms. The van der Waals surface area contributed by atoms with Gasteiger partial charge in [0.2, 0.25) is 0 Å². The number of fused-ring (bicyclic) bond motifs is 1. The van der Waals surface area contributed by atoms with Gasteiger partial charge in [-0.25, -0.2) is 0 Å². The standard InChI is InChI=1S/C24H28N4O/c1-27-11-2-3-18(14-27)28-12-10-20-22(16-6-7-16)23(25-26-24(20)28)19-9-8-17(13-21(19)29)15-4-5-15/h8-10,12-13,15-16,18,29H,2-7,11,14H2,1H3/t18-/m1/s1. The molecule has 3 fully saturated rings. The van der Waals surface area contributed by atoms with E-state index in [9.17, 15) is 5.11 Å².